The first-order valence-corrected chi connectivity index (χ1v) is 25.2. The van der Waals surface area contributed by atoms with E-state index < -0.39 is 71.2 Å². The summed E-state index contributed by atoms with van der Waals surface area (Å²) in [6.07, 6.45) is 27.1. The second-order valence-electron chi connectivity index (χ2n) is 16.8. The predicted molar refractivity (Wildman–Crippen MR) is 229 cm³/mol. The first kappa shape index (κ1) is 54.7. The Hall–Kier alpha value is -1.35. The Balaban J connectivity index is 2.41. The van der Waals surface area contributed by atoms with Gasteiger partial charge in [-0.2, -0.15) is 8.42 Å². The molecule has 1 aliphatic heterocycles. The topological polar surface area (TPSA) is 186 Å². The molecule has 1 aliphatic rings. The van der Waals surface area contributed by atoms with Crippen molar-refractivity contribution in [2.45, 2.75) is 256 Å². The summed E-state index contributed by atoms with van der Waals surface area (Å²) in [6, 6.07) is 0. The maximum Gasteiger partial charge on any atom is 0.306 e. The number of hydrogen-bond donors (Lipinski definition) is 4. The van der Waals surface area contributed by atoms with Gasteiger partial charge in [0.15, 0.2) is 12.4 Å². The summed E-state index contributed by atoms with van der Waals surface area (Å²) >= 11 is 0. The predicted octanol–water partition coefficient (Wildman–Crippen LogP) is 9.68. The standard InChI is InChI=1S/C45H86O12S/c1-3-5-7-9-11-13-15-17-19-21-23-25-27-29-31-33-40(46)54-35-38(36-55-45-44(50)43(49)42(48)39(57-45)37-58(51,52)53)56-41(47)34-32-30-28-26-24-22-20-18-16-14-12-10-8-6-4-2/h38-39,42-45,48-50H,3-37H2,1-2H3,(H,51,52,53)/t38?,39-,42+,43+,44-,45+/m1/s1. The van der Waals surface area contributed by atoms with Crippen LogP contribution in [0.25, 0.3) is 0 Å². The van der Waals surface area contributed by atoms with E-state index in [0.29, 0.717) is 12.8 Å². The molecule has 0 aliphatic carbocycles. The van der Waals surface area contributed by atoms with E-state index in [4.69, 9.17) is 18.9 Å². The highest BCUT2D eigenvalue weighted by atomic mass is 32.2. The van der Waals surface area contributed by atoms with Gasteiger partial charge in [0.05, 0.1) is 6.61 Å². The molecule has 1 fully saturated rings. The van der Waals surface area contributed by atoms with Gasteiger partial charge in [0.25, 0.3) is 10.1 Å². The van der Waals surface area contributed by atoms with Crippen molar-refractivity contribution < 1.29 is 56.8 Å². The third-order valence-electron chi connectivity index (χ3n) is 11.2. The van der Waals surface area contributed by atoms with Crippen LogP contribution in [0, 0.1) is 0 Å². The molecule has 0 aromatic rings. The molecule has 344 valence electrons. The molecule has 0 aromatic carbocycles. The van der Waals surface area contributed by atoms with E-state index in [1.807, 2.05) is 0 Å². The van der Waals surface area contributed by atoms with Crippen molar-refractivity contribution >= 4 is 22.1 Å². The summed E-state index contributed by atoms with van der Waals surface area (Å²) in [5.74, 6) is -1.96. The van der Waals surface area contributed by atoms with Crippen LogP contribution in [0.4, 0.5) is 0 Å². The first-order chi connectivity index (χ1) is 28.0. The van der Waals surface area contributed by atoms with Crippen molar-refractivity contribution in [3.8, 4) is 0 Å². The Morgan fingerprint density at radius 3 is 1.26 bits per heavy atom. The first-order valence-electron chi connectivity index (χ1n) is 23.6. The summed E-state index contributed by atoms with van der Waals surface area (Å²) in [4.78, 5) is 25.4. The van der Waals surface area contributed by atoms with Gasteiger partial charge in [-0.05, 0) is 12.8 Å². The normalized spacial score (nSPS) is 20.3. The zero-order valence-corrected chi connectivity index (χ0v) is 37.5. The molecule has 1 heterocycles. The molecule has 0 aromatic heterocycles. The lowest BCUT2D eigenvalue weighted by Crippen LogP contribution is -2.60. The lowest BCUT2D eigenvalue weighted by Gasteiger charge is -2.40. The smallest absolute Gasteiger partial charge is 0.306 e. The molecule has 4 N–H and O–H groups in total. The minimum atomic E-state index is -4.60. The summed E-state index contributed by atoms with van der Waals surface area (Å²) < 4.78 is 54.1. The lowest BCUT2D eigenvalue weighted by atomic mass is 10.00. The van der Waals surface area contributed by atoms with E-state index in [0.717, 1.165) is 38.5 Å². The second-order valence-corrected chi connectivity index (χ2v) is 18.3. The number of carbonyl (C=O) groups is 2. The molecule has 58 heavy (non-hydrogen) atoms. The van der Waals surface area contributed by atoms with E-state index in [2.05, 4.69) is 13.8 Å². The van der Waals surface area contributed by atoms with Gasteiger partial charge in [0, 0.05) is 12.8 Å². The van der Waals surface area contributed by atoms with Gasteiger partial charge < -0.3 is 34.3 Å². The Kier molecular flexibility index (Phi) is 34.2. The number of carbonyl (C=O) groups excluding carboxylic acids is 2. The minimum absolute atomic E-state index is 0.172. The van der Waals surface area contributed by atoms with E-state index in [9.17, 15) is 37.9 Å². The number of rotatable bonds is 40. The maximum absolute atomic E-state index is 12.8. The van der Waals surface area contributed by atoms with Crippen LogP contribution in [0.15, 0.2) is 0 Å². The Labute approximate surface area is 353 Å². The van der Waals surface area contributed by atoms with Gasteiger partial charge in [0.2, 0.25) is 0 Å². The highest BCUT2D eigenvalue weighted by Crippen LogP contribution is 2.24. The molecular formula is C45H86O12S. The Morgan fingerprint density at radius 1 is 0.517 bits per heavy atom. The van der Waals surface area contributed by atoms with Crippen LogP contribution in [-0.2, 0) is 38.7 Å². The number of aliphatic hydroxyl groups is 3. The van der Waals surface area contributed by atoms with Crippen molar-refractivity contribution in [1.82, 2.24) is 0 Å². The number of ether oxygens (including phenoxy) is 4. The van der Waals surface area contributed by atoms with Crippen molar-refractivity contribution in [1.29, 1.82) is 0 Å². The molecule has 0 saturated carbocycles. The SMILES string of the molecule is CCCCCCCCCCCCCCCCCC(=O)OCC(CO[C@H]1O[C@H](CS(=O)(=O)O)[C@H](O)[C@H](O)[C@H]1O)OC(=O)CCCCCCCCCCCCCCCCC. The Morgan fingerprint density at radius 2 is 0.879 bits per heavy atom. The Bertz CT molecular complexity index is 1090. The van der Waals surface area contributed by atoms with E-state index in [1.54, 1.807) is 0 Å². The van der Waals surface area contributed by atoms with Crippen LogP contribution < -0.4 is 0 Å². The van der Waals surface area contributed by atoms with Gasteiger partial charge in [0.1, 0.15) is 36.8 Å². The van der Waals surface area contributed by atoms with Crippen molar-refractivity contribution in [3.05, 3.63) is 0 Å². The van der Waals surface area contributed by atoms with Gasteiger partial charge in [-0.1, -0.05) is 194 Å². The third-order valence-corrected chi connectivity index (χ3v) is 11.9. The average molecular weight is 851 g/mol. The second kappa shape index (κ2) is 36.3. The molecule has 0 amide bonds. The van der Waals surface area contributed by atoms with Gasteiger partial charge >= 0.3 is 11.9 Å². The maximum atomic E-state index is 12.8. The zero-order valence-electron chi connectivity index (χ0n) is 36.7. The molecular weight excluding hydrogens is 765 g/mol. The van der Waals surface area contributed by atoms with Crippen LogP contribution in [0.5, 0.6) is 0 Å². The number of unbranched alkanes of at least 4 members (excludes halogenated alkanes) is 28. The molecule has 0 bridgehead atoms. The van der Waals surface area contributed by atoms with E-state index in [-0.39, 0.29) is 19.4 Å². The molecule has 0 spiro atoms. The molecule has 1 rings (SSSR count). The number of esters is 2. The van der Waals surface area contributed by atoms with Gasteiger partial charge in [-0.25, -0.2) is 0 Å². The van der Waals surface area contributed by atoms with Crippen molar-refractivity contribution in [3.63, 3.8) is 0 Å². The fourth-order valence-corrected chi connectivity index (χ4v) is 8.19. The quantitative estimate of drug-likeness (QED) is 0.0260. The summed E-state index contributed by atoms with van der Waals surface area (Å²) in [5, 5.41) is 30.9. The molecule has 1 unspecified atom stereocenters. The van der Waals surface area contributed by atoms with E-state index in [1.165, 1.54) is 141 Å². The van der Waals surface area contributed by atoms with E-state index >= 15 is 0 Å². The van der Waals surface area contributed by atoms with Crippen LogP contribution in [0.1, 0.15) is 219 Å². The van der Waals surface area contributed by atoms with Crippen LogP contribution in [-0.4, -0.2) is 96.0 Å². The fraction of sp³-hybridized carbons (Fsp3) is 0.956. The number of aliphatic hydroxyl groups excluding tert-OH is 3. The van der Waals surface area contributed by atoms with Gasteiger partial charge in [-0.15, -0.1) is 0 Å². The number of hydrogen-bond acceptors (Lipinski definition) is 11. The van der Waals surface area contributed by atoms with Crippen LogP contribution in [0.3, 0.4) is 0 Å². The van der Waals surface area contributed by atoms with Crippen molar-refractivity contribution in [2.24, 2.45) is 0 Å². The summed E-state index contributed by atoms with van der Waals surface area (Å²) in [5.41, 5.74) is 0. The summed E-state index contributed by atoms with van der Waals surface area (Å²) in [7, 11) is -4.60. The molecule has 1 saturated heterocycles. The zero-order chi connectivity index (χ0) is 42.7. The fourth-order valence-electron chi connectivity index (χ4n) is 7.50. The van der Waals surface area contributed by atoms with Crippen molar-refractivity contribution in [2.75, 3.05) is 19.0 Å². The third kappa shape index (κ3) is 30.6. The minimum Gasteiger partial charge on any atom is -0.462 e. The average Bonchev–Trinajstić information content (AvgIpc) is 3.18. The molecule has 0 radical (unpaired) electrons. The van der Waals surface area contributed by atoms with Gasteiger partial charge in [-0.3, -0.25) is 14.1 Å². The molecule has 6 atom stereocenters. The highest BCUT2D eigenvalue weighted by molar-refractivity contribution is 7.85. The molecule has 13 heteroatoms. The monoisotopic (exact) mass is 851 g/mol. The van der Waals surface area contributed by atoms with Crippen LogP contribution >= 0.6 is 0 Å². The lowest BCUT2D eigenvalue weighted by molar-refractivity contribution is -0.297. The van der Waals surface area contributed by atoms with Crippen LogP contribution in [0.2, 0.25) is 0 Å². The molecule has 12 nitrogen and oxygen atoms in total. The highest BCUT2D eigenvalue weighted by Gasteiger charge is 2.46. The largest absolute Gasteiger partial charge is 0.462 e. The summed E-state index contributed by atoms with van der Waals surface area (Å²) in [6.45, 7) is 3.79.